The minimum absolute atomic E-state index is 0.266. The molecule has 2 aromatic rings. The molecule has 2 heterocycles. The lowest BCUT2D eigenvalue weighted by molar-refractivity contribution is 0.0697. The second kappa shape index (κ2) is 2.78. The highest BCUT2D eigenvalue weighted by molar-refractivity contribution is 6.30. The van der Waals surface area contributed by atoms with Gasteiger partial charge < -0.3 is 9.51 Å². The maximum absolute atomic E-state index is 10.6. The quantitative estimate of drug-likeness (QED) is 0.759. The van der Waals surface area contributed by atoms with Gasteiger partial charge >= 0.3 is 5.97 Å². The van der Waals surface area contributed by atoms with Gasteiger partial charge in [-0.05, 0) is 24.3 Å². The average Bonchev–Trinajstić information content (AvgIpc) is 2.47. The van der Waals surface area contributed by atoms with Gasteiger partial charge in [0.05, 0.1) is 5.56 Å². The van der Waals surface area contributed by atoms with Crippen molar-refractivity contribution in [3.05, 3.63) is 41.2 Å². The molecule has 0 aliphatic carbocycles. The molecule has 0 atom stereocenters. The molecule has 3 nitrogen and oxygen atoms in total. The highest BCUT2D eigenvalue weighted by Crippen LogP contribution is 2.16. The number of carbonyl (C=O) groups is 1. The number of rotatable bonds is 1. The fraction of sp³-hybridized carbons (Fsp3) is 0. The first-order valence-electron chi connectivity index (χ1n) is 3.68. The molecule has 0 saturated heterocycles. The number of nitrogens with zero attached hydrogens (tertiary/aromatic N) is 1. The Morgan fingerprint density at radius 1 is 1.38 bits per heavy atom. The van der Waals surface area contributed by atoms with Crippen LogP contribution in [0.25, 0.3) is 5.52 Å². The van der Waals surface area contributed by atoms with E-state index in [1.807, 2.05) is 0 Å². The van der Waals surface area contributed by atoms with Gasteiger partial charge in [-0.15, -0.1) is 0 Å². The number of aromatic nitrogens is 1. The number of halogens is 1. The van der Waals surface area contributed by atoms with E-state index in [0.29, 0.717) is 5.15 Å². The molecule has 0 aliphatic heterocycles. The Morgan fingerprint density at radius 2 is 2.15 bits per heavy atom. The first-order valence-corrected chi connectivity index (χ1v) is 4.06. The van der Waals surface area contributed by atoms with Crippen LogP contribution in [0.3, 0.4) is 0 Å². The van der Waals surface area contributed by atoms with E-state index >= 15 is 0 Å². The lowest BCUT2D eigenvalue weighted by atomic mass is 10.2. The summed E-state index contributed by atoms with van der Waals surface area (Å²) in [5, 5.41) is 9.28. The SMILES string of the molecule is O=C(O)c1ccn2c(Cl)ccc2c1. The smallest absolute Gasteiger partial charge is 0.335 e. The second-order valence-corrected chi connectivity index (χ2v) is 3.06. The molecule has 0 fully saturated rings. The largest absolute Gasteiger partial charge is 0.478 e. The van der Waals surface area contributed by atoms with Crippen LogP contribution in [0.1, 0.15) is 10.4 Å². The topological polar surface area (TPSA) is 41.7 Å². The van der Waals surface area contributed by atoms with Gasteiger partial charge in [0.15, 0.2) is 0 Å². The lowest BCUT2D eigenvalue weighted by Gasteiger charge is -1.97. The minimum atomic E-state index is -0.931. The zero-order valence-electron chi connectivity index (χ0n) is 6.57. The van der Waals surface area contributed by atoms with Crippen molar-refractivity contribution >= 4 is 23.1 Å². The molecule has 0 radical (unpaired) electrons. The standard InChI is InChI=1S/C9H6ClNO2/c10-8-2-1-7-5-6(9(12)13)3-4-11(7)8/h1-5H,(H,12,13). The number of pyridine rings is 1. The molecule has 0 unspecified atom stereocenters. The number of hydrogen-bond donors (Lipinski definition) is 1. The van der Waals surface area contributed by atoms with Crippen LogP contribution in [0.4, 0.5) is 0 Å². The molecular formula is C9H6ClNO2. The van der Waals surface area contributed by atoms with E-state index in [-0.39, 0.29) is 5.56 Å². The van der Waals surface area contributed by atoms with Crippen LogP contribution < -0.4 is 0 Å². The van der Waals surface area contributed by atoms with Crippen LogP contribution in [0.15, 0.2) is 30.5 Å². The molecule has 4 heteroatoms. The molecule has 0 aromatic carbocycles. The molecule has 66 valence electrons. The van der Waals surface area contributed by atoms with Crippen molar-refractivity contribution in [1.29, 1.82) is 0 Å². The molecule has 0 aliphatic rings. The predicted molar refractivity (Wildman–Crippen MR) is 49.4 cm³/mol. The van der Waals surface area contributed by atoms with Gasteiger partial charge in [0.1, 0.15) is 5.15 Å². The van der Waals surface area contributed by atoms with Crippen molar-refractivity contribution < 1.29 is 9.90 Å². The monoisotopic (exact) mass is 195 g/mol. The van der Waals surface area contributed by atoms with E-state index in [4.69, 9.17) is 16.7 Å². The van der Waals surface area contributed by atoms with Crippen molar-refractivity contribution in [2.24, 2.45) is 0 Å². The number of carboxylic acid groups (broad SMARTS) is 1. The maximum Gasteiger partial charge on any atom is 0.335 e. The van der Waals surface area contributed by atoms with E-state index in [1.54, 1.807) is 28.8 Å². The van der Waals surface area contributed by atoms with Gasteiger partial charge in [-0.1, -0.05) is 11.6 Å². The third-order valence-corrected chi connectivity index (χ3v) is 2.16. The Hall–Kier alpha value is -1.48. The third-order valence-electron chi connectivity index (χ3n) is 1.85. The molecule has 0 amide bonds. The van der Waals surface area contributed by atoms with Crippen LogP contribution >= 0.6 is 11.6 Å². The maximum atomic E-state index is 10.6. The summed E-state index contributed by atoms with van der Waals surface area (Å²) < 4.78 is 1.72. The van der Waals surface area contributed by atoms with E-state index < -0.39 is 5.97 Å². The summed E-state index contributed by atoms with van der Waals surface area (Å²) in [5.74, 6) is -0.931. The third kappa shape index (κ3) is 1.27. The van der Waals surface area contributed by atoms with Gasteiger partial charge in [0.25, 0.3) is 0 Å². The second-order valence-electron chi connectivity index (χ2n) is 2.67. The van der Waals surface area contributed by atoms with Crippen molar-refractivity contribution in [3.63, 3.8) is 0 Å². The van der Waals surface area contributed by atoms with Crippen molar-refractivity contribution in [3.8, 4) is 0 Å². The first-order chi connectivity index (χ1) is 6.18. The van der Waals surface area contributed by atoms with Crippen LogP contribution in [0.2, 0.25) is 5.15 Å². The number of carboxylic acids is 1. The zero-order chi connectivity index (χ0) is 9.42. The number of aromatic carboxylic acids is 1. The zero-order valence-corrected chi connectivity index (χ0v) is 7.32. The van der Waals surface area contributed by atoms with E-state index in [9.17, 15) is 4.79 Å². The van der Waals surface area contributed by atoms with E-state index in [1.165, 1.54) is 6.07 Å². The molecule has 2 rings (SSSR count). The van der Waals surface area contributed by atoms with Crippen molar-refractivity contribution in [2.45, 2.75) is 0 Å². The van der Waals surface area contributed by atoms with Crippen LogP contribution in [0, 0.1) is 0 Å². The number of fused-ring (bicyclic) bond motifs is 1. The van der Waals surface area contributed by atoms with Gasteiger partial charge in [-0.3, -0.25) is 0 Å². The van der Waals surface area contributed by atoms with E-state index in [0.717, 1.165) is 5.52 Å². The fourth-order valence-corrected chi connectivity index (χ4v) is 1.43. The summed E-state index contributed by atoms with van der Waals surface area (Å²) in [7, 11) is 0. The van der Waals surface area contributed by atoms with Gasteiger partial charge in [-0.25, -0.2) is 4.79 Å². The highest BCUT2D eigenvalue weighted by atomic mass is 35.5. The Labute approximate surface area is 79.2 Å². The van der Waals surface area contributed by atoms with Gasteiger partial charge in [-0.2, -0.15) is 0 Å². The van der Waals surface area contributed by atoms with Crippen LogP contribution in [-0.4, -0.2) is 15.5 Å². The fourth-order valence-electron chi connectivity index (χ4n) is 1.21. The molecular weight excluding hydrogens is 190 g/mol. The molecule has 0 spiro atoms. The summed E-state index contributed by atoms with van der Waals surface area (Å²) in [6.07, 6.45) is 1.64. The van der Waals surface area contributed by atoms with Gasteiger partial charge in [0.2, 0.25) is 0 Å². The highest BCUT2D eigenvalue weighted by Gasteiger charge is 2.04. The summed E-state index contributed by atoms with van der Waals surface area (Å²) in [4.78, 5) is 10.6. The normalized spacial score (nSPS) is 10.5. The lowest BCUT2D eigenvalue weighted by Crippen LogP contribution is -1.96. The Kier molecular flexibility index (Phi) is 1.74. The van der Waals surface area contributed by atoms with Crippen LogP contribution in [-0.2, 0) is 0 Å². The summed E-state index contributed by atoms with van der Waals surface area (Å²) in [6.45, 7) is 0. The van der Waals surface area contributed by atoms with E-state index in [2.05, 4.69) is 0 Å². The van der Waals surface area contributed by atoms with Crippen molar-refractivity contribution in [2.75, 3.05) is 0 Å². The molecule has 0 bridgehead atoms. The predicted octanol–water partition coefficient (Wildman–Crippen LogP) is 2.29. The average molecular weight is 196 g/mol. The molecule has 2 aromatic heterocycles. The minimum Gasteiger partial charge on any atom is -0.478 e. The molecule has 1 N–H and O–H groups in total. The Balaban J connectivity index is 2.70. The Morgan fingerprint density at radius 3 is 2.85 bits per heavy atom. The summed E-state index contributed by atoms with van der Waals surface area (Å²) >= 11 is 5.82. The van der Waals surface area contributed by atoms with Gasteiger partial charge in [0, 0.05) is 11.7 Å². The Bertz CT molecular complexity index is 475. The molecule has 13 heavy (non-hydrogen) atoms. The summed E-state index contributed by atoms with van der Waals surface area (Å²) in [6, 6.07) is 6.59. The number of hydrogen-bond acceptors (Lipinski definition) is 1. The van der Waals surface area contributed by atoms with Crippen LogP contribution in [0.5, 0.6) is 0 Å². The summed E-state index contributed by atoms with van der Waals surface area (Å²) in [5.41, 5.74) is 1.05. The van der Waals surface area contributed by atoms with Crippen molar-refractivity contribution in [1.82, 2.24) is 4.40 Å². The molecule has 0 saturated carbocycles. The first kappa shape index (κ1) is 8.13.